The Morgan fingerprint density at radius 1 is 1.32 bits per heavy atom. The number of ether oxygens (including phenoxy) is 3. The summed E-state index contributed by atoms with van der Waals surface area (Å²) in [6, 6.07) is 5.74. The summed E-state index contributed by atoms with van der Waals surface area (Å²) in [5.74, 6) is 1.53. The summed E-state index contributed by atoms with van der Waals surface area (Å²) in [4.78, 5) is 0. The third kappa shape index (κ3) is 2.60. The monoisotopic (exact) mass is 262 g/mol. The first-order chi connectivity index (χ1) is 9.06. The van der Waals surface area contributed by atoms with Gasteiger partial charge in [0.15, 0.2) is 11.5 Å². The van der Waals surface area contributed by atoms with E-state index in [1.165, 1.54) is 0 Å². The van der Waals surface area contributed by atoms with Gasteiger partial charge in [0.2, 0.25) is 6.79 Å². The fourth-order valence-electron chi connectivity index (χ4n) is 2.29. The van der Waals surface area contributed by atoms with E-state index in [2.05, 4.69) is 19.9 Å². The zero-order chi connectivity index (χ0) is 13.5. The van der Waals surface area contributed by atoms with E-state index in [1.807, 2.05) is 18.2 Å². The molecular formula is C15H18O4. The molecule has 0 saturated heterocycles. The van der Waals surface area contributed by atoms with Crippen LogP contribution < -0.4 is 9.47 Å². The van der Waals surface area contributed by atoms with Crippen LogP contribution >= 0.6 is 0 Å². The Labute approximate surface area is 112 Å². The van der Waals surface area contributed by atoms with Crippen molar-refractivity contribution in [1.29, 1.82) is 0 Å². The normalized spacial score (nSPS) is 20.1. The lowest BCUT2D eigenvalue weighted by Crippen LogP contribution is -2.17. The van der Waals surface area contributed by atoms with E-state index in [0.29, 0.717) is 13.2 Å². The van der Waals surface area contributed by atoms with Gasteiger partial charge >= 0.3 is 0 Å². The van der Waals surface area contributed by atoms with Crippen LogP contribution in [-0.2, 0) is 11.3 Å². The zero-order valence-electron chi connectivity index (χ0n) is 11.2. The van der Waals surface area contributed by atoms with Gasteiger partial charge in [0, 0.05) is 5.41 Å². The SMILES string of the molecule is CC1(C)C=C1C(O)COCc1ccc2c(c1)OCO2. The summed E-state index contributed by atoms with van der Waals surface area (Å²) in [5, 5.41) is 9.92. The molecule has 0 spiro atoms. The van der Waals surface area contributed by atoms with E-state index in [1.54, 1.807) is 0 Å². The summed E-state index contributed by atoms with van der Waals surface area (Å²) in [6.07, 6.45) is 1.57. The van der Waals surface area contributed by atoms with Gasteiger partial charge in [0.05, 0.1) is 19.3 Å². The summed E-state index contributed by atoms with van der Waals surface area (Å²) >= 11 is 0. The van der Waals surface area contributed by atoms with Crippen LogP contribution in [0.15, 0.2) is 29.8 Å². The number of fused-ring (bicyclic) bond motifs is 1. The van der Waals surface area contributed by atoms with E-state index < -0.39 is 6.10 Å². The van der Waals surface area contributed by atoms with Gasteiger partial charge in [-0.3, -0.25) is 0 Å². The van der Waals surface area contributed by atoms with Crippen LogP contribution in [0.3, 0.4) is 0 Å². The van der Waals surface area contributed by atoms with Gasteiger partial charge in [-0.1, -0.05) is 26.0 Å². The lowest BCUT2D eigenvalue weighted by Gasteiger charge is -2.12. The maximum Gasteiger partial charge on any atom is 0.231 e. The highest BCUT2D eigenvalue weighted by Crippen LogP contribution is 2.45. The molecule has 3 rings (SSSR count). The average Bonchev–Trinajstić information content (AvgIpc) is 2.82. The van der Waals surface area contributed by atoms with Crippen molar-refractivity contribution in [3.63, 3.8) is 0 Å². The first-order valence-corrected chi connectivity index (χ1v) is 6.44. The molecule has 0 fully saturated rings. The molecule has 0 amide bonds. The van der Waals surface area contributed by atoms with E-state index in [9.17, 15) is 5.11 Å². The molecule has 4 heteroatoms. The molecule has 0 bridgehead atoms. The summed E-state index contributed by atoms with van der Waals surface area (Å²) < 4.78 is 16.1. The van der Waals surface area contributed by atoms with Gasteiger partial charge in [0.1, 0.15) is 0 Å². The first kappa shape index (κ1) is 12.5. The Kier molecular flexibility index (Phi) is 2.99. The Balaban J connectivity index is 1.49. The molecule has 102 valence electrons. The quantitative estimate of drug-likeness (QED) is 0.827. The molecule has 4 nitrogen and oxygen atoms in total. The van der Waals surface area contributed by atoms with Crippen LogP contribution in [0.1, 0.15) is 19.4 Å². The molecule has 1 atom stereocenters. The summed E-state index contributed by atoms with van der Waals surface area (Å²) in [5.41, 5.74) is 2.15. The van der Waals surface area contributed by atoms with Gasteiger partial charge < -0.3 is 19.3 Å². The second-order valence-electron chi connectivity index (χ2n) is 5.54. The maximum atomic E-state index is 9.92. The van der Waals surface area contributed by atoms with Crippen molar-refractivity contribution in [2.45, 2.75) is 26.6 Å². The van der Waals surface area contributed by atoms with Crippen molar-refractivity contribution in [2.75, 3.05) is 13.4 Å². The predicted molar refractivity (Wildman–Crippen MR) is 70.1 cm³/mol. The number of aliphatic hydroxyl groups excluding tert-OH is 1. The van der Waals surface area contributed by atoms with Crippen LogP contribution in [-0.4, -0.2) is 24.6 Å². The number of aliphatic hydroxyl groups is 1. The Morgan fingerprint density at radius 2 is 2.05 bits per heavy atom. The molecule has 1 aliphatic carbocycles. The zero-order valence-corrected chi connectivity index (χ0v) is 11.2. The molecule has 19 heavy (non-hydrogen) atoms. The number of allylic oxidation sites excluding steroid dienone is 1. The molecule has 1 aromatic carbocycles. The Morgan fingerprint density at radius 3 is 2.79 bits per heavy atom. The lowest BCUT2D eigenvalue weighted by atomic mass is 10.0. The number of hydrogen-bond acceptors (Lipinski definition) is 4. The van der Waals surface area contributed by atoms with Crippen molar-refractivity contribution in [3.05, 3.63) is 35.4 Å². The highest BCUT2D eigenvalue weighted by molar-refractivity contribution is 5.44. The highest BCUT2D eigenvalue weighted by Gasteiger charge is 2.38. The third-order valence-electron chi connectivity index (χ3n) is 3.52. The number of benzene rings is 1. The molecule has 0 saturated carbocycles. The molecule has 0 radical (unpaired) electrons. The van der Waals surface area contributed by atoms with Crippen molar-refractivity contribution in [1.82, 2.24) is 0 Å². The maximum absolute atomic E-state index is 9.92. The largest absolute Gasteiger partial charge is 0.454 e. The minimum atomic E-state index is -0.496. The third-order valence-corrected chi connectivity index (χ3v) is 3.52. The fourth-order valence-corrected chi connectivity index (χ4v) is 2.29. The van der Waals surface area contributed by atoms with Gasteiger partial charge in [-0.05, 0) is 23.3 Å². The van der Waals surface area contributed by atoms with E-state index in [-0.39, 0.29) is 12.2 Å². The van der Waals surface area contributed by atoms with Crippen molar-refractivity contribution >= 4 is 0 Å². The standard InChI is InChI=1S/C15H18O4/c1-15(2)6-11(15)12(16)8-17-7-10-3-4-13-14(5-10)19-9-18-13/h3-6,12,16H,7-9H2,1-2H3. The van der Waals surface area contributed by atoms with E-state index in [0.717, 1.165) is 22.6 Å². The lowest BCUT2D eigenvalue weighted by molar-refractivity contribution is 0.0443. The molecule has 0 aromatic heterocycles. The second kappa shape index (κ2) is 4.54. The van der Waals surface area contributed by atoms with Gasteiger partial charge in [-0.15, -0.1) is 0 Å². The van der Waals surface area contributed by atoms with Crippen LogP contribution in [0.25, 0.3) is 0 Å². The van der Waals surface area contributed by atoms with Crippen LogP contribution in [0.2, 0.25) is 0 Å². The molecule has 1 heterocycles. The Bertz CT molecular complexity index is 519. The van der Waals surface area contributed by atoms with E-state index in [4.69, 9.17) is 14.2 Å². The van der Waals surface area contributed by atoms with Crippen molar-refractivity contribution < 1.29 is 19.3 Å². The molecule has 2 aliphatic rings. The smallest absolute Gasteiger partial charge is 0.231 e. The molecule has 1 N–H and O–H groups in total. The molecular weight excluding hydrogens is 244 g/mol. The molecule has 1 aliphatic heterocycles. The van der Waals surface area contributed by atoms with Gasteiger partial charge in [-0.2, -0.15) is 0 Å². The van der Waals surface area contributed by atoms with Crippen molar-refractivity contribution in [3.8, 4) is 11.5 Å². The van der Waals surface area contributed by atoms with Crippen LogP contribution in [0, 0.1) is 5.41 Å². The van der Waals surface area contributed by atoms with Gasteiger partial charge in [0.25, 0.3) is 0 Å². The minimum absolute atomic E-state index is 0.0710. The second-order valence-corrected chi connectivity index (χ2v) is 5.54. The minimum Gasteiger partial charge on any atom is -0.454 e. The number of rotatable bonds is 5. The molecule has 1 aromatic rings. The first-order valence-electron chi connectivity index (χ1n) is 6.44. The van der Waals surface area contributed by atoms with E-state index >= 15 is 0 Å². The molecule has 1 unspecified atom stereocenters. The van der Waals surface area contributed by atoms with Crippen LogP contribution in [0.5, 0.6) is 11.5 Å². The predicted octanol–water partition coefficient (Wildman–Crippen LogP) is 2.26. The topological polar surface area (TPSA) is 47.9 Å². The number of hydrogen-bond donors (Lipinski definition) is 1. The fraction of sp³-hybridized carbons (Fsp3) is 0.467. The van der Waals surface area contributed by atoms with Gasteiger partial charge in [-0.25, -0.2) is 0 Å². The van der Waals surface area contributed by atoms with Crippen LogP contribution in [0.4, 0.5) is 0 Å². The highest BCUT2D eigenvalue weighted by atomic mass is 16.7. The summed E-state index contributed by atoms with van der Waals surface area (Å²) in [6.45, 7) is 5.24. The summed E-state index contributed by atoms with van der Waals surface area (Å²) in [7, 11) is 0. The average molecular weight is 262 g/mol. The Hall–Kier alpha value is -1.52. The van der Waals surface area contributed by atoms with Crippen molar-refractivity contribution in [2.24, 2.45) is 5.41 Å².